The Morgan fingerprint density at radius 2 is 2.21 bits per heavy atom. The zero-order valence-electron chi connectivity index (χ0n) is 8.34. The van der Waals surface area contributed by atoms with E-state index in [0.717, 1.165) is 9.13 Å². The van der Waals surface area contributed by atoms with Crippen molar-refractivity contribution in [1.29, 1.82) is 0 Å². The SMILES string of the molecule is CCOC(=O)Cc1cc(C)ccc1I. The Kier molecular flexibility index (Phi) is 4.38. The van der Waals surface area contributed by atoms with Gasteiger partial charge in [-0.2, -0.15) is 0 Å². The first-order valence-corrected chi connectivity index (χ1v) is 5.62. The maximum absolute atomic E-state index is 11.3. The number of benzene rings is 1. The molecule has 0 amide bonds. The van der Waals surface area contributed by atoms with Crippen LogP contribution in [0, 0.1) is 10.5 Å². The van der Waals surface area contributed by atoms with Gasteiger partial charge in [0.2, 0.25) is 0 Å². The molecule has 2 nitrogen and oxygen atoms in total. The lowest BCUT2D eigenvalue weighted by Crippen LogP contribution is -2.08. The summed E-state index contributed by atoms with van der Waals surface area (Å²) in [6.07, 6.45) is 0.369. The molecule has 0 atom stereocenters. The maximum Gasteiger partial charge on any atom is 0.310 e. The summed E-state index contributed by atoms with van der Waals surface area (Å²) in [6.45, 7) is 4.28. The second-order valence-corrected chi connectivity index (χ2v) is 4.24. The van der Waals surface area contributed by atoms with E-state index in [1.54, 1.807) is 0 Å². The smallest absolute Gasteiger partial charge is 0.310 e. The molecular weight excluding hydrogens is 291 g/mol. The number of carbonyl (C=O) groups excluding carboxylic acids is 1. The van der Waals surface area contributed by atoms with Gasteiger partial charge in [0, 0.05) is 3.57 Å². The van der Waals surface area contributed by atoms with Gasteiger partial charge in [-0.1, -0.05) is 17.7 Å². The van der Waals surface area contributed by atoms with Crippen LogP contribution in [0.3, 0.4) is 0 Å². The number of aryl methyl sites for hydroxylation is 1. The summed E-state index contributed by atoms with van der Waals surface area (Å²) in [4.78, 5) is 11.3. The molecule has 0 spiro atoms. The monoisotopic (exact) mass is 304 g/mol. The van der Waals surface area contributed by atoms with E-state index in [0.29, 0.717) is 13.0 Å². The normalized spacial score (nSPS) is 9.93. The van der Waals surface area contributed by atoms with Crippen molar-refractivity contribution < 1.29 is 9.53 Å². The van der Waals surface area contributed by atoms with Gasteiger partial charge in [0.1, 0.15) is 0 Å². The lowest BCUT2D eigenvalue weighted by Gasteiger charge is -2.05. The van der Waals surface area contributed by atoms with Gasteiger partial charge in [0.25, 0.3) is 0 Å². The number of carbonyl (C=O) groups is 1. The van der Waals surface area contributed by atoms with Crippen molar-refractivity contribution in [2.45, 2.75) is 20.3 Å². The number of esters is 1. The van der Waals surface area contributed by atoms with Crippen molar-refractivity contribution in [2.24, 2.45) is 0 Å². The topological polar surface area (TPSA) is 26.3 Å². The average Bonchev–Trinajstić information content (AvgIpc) is 2.12. The van der Waals surface area contributed by atoms with Crippen molar-refractivity contribution in [2.75, 3.05) is 6.61 Å². The second-order valence-electron chi connectivity index (χ2n) is 3.08. The minimum atomic E-state index is -0.156. The third-order valence-electron chi connectivity index (χ3n) is 1.84. The Balaban J connectivity index is 2.75. The van der Waals surface area contributed by atoms with E-state index >= 15 is 0 Å². The average molecular weight is 304 g/mol. The summed E-state index contributed by atoms with van der Waals surface area (Å²) in [5, 5.41) is 0. The molecule has 0 N–H and O–H groups in total. The lowest BCUT2D eigenvalue weighted by molar-refractivity contribution is -0.142. The summed E-state index contributed by atoms with van der Waals surface area (Å²) in [7, 11) is 0. The van der Waals surface area contributed by atoms with Crippen LogP contribution in [0.25, 0.3) is 0 Å². The first kappa shape index (κ1) is 11.5. The Hall–Kier alpha value is -0.580. The highest BCUT2D eigenvalue weighted by Gasteiger charge is 2.07. The van der Waals surface area contributed by atoms with Gasteiger partial charge in [0.15, 0.2) is 0 Å². The van der Waals surface area contributed by atoms with E-state index in [2.05, 4.69) is 22.6 Å². The third kappa shape index (κ3) is 3.29. The van der Waals surface area contributed by atoms with Crippen molar-refractivity contribution >= 4 is 28.6 Å². The molecule has 0 aliphatic rings. The van der Waals surface area contributed by atoms with Gasteiger partial charge < -0.3 is 4.74 Å². The Labute approximate surface area is 97.8 Å². The van der Waals surface area contributed by atoms with Crippen LogP contribution in [0.15, 0.2) is 18.2 Å². The molecule has 0 aliphatic heterocycles. The van der Waals surface area contributed by atoms with Crippen LogP contribution in [-0.4, -0.2) is 12.6 Å². The van der Waals surface area contributed by atoms with E-state index in [9.17, 15) is 4.79 Å². The largest absolute Gasteiger partial charge is 0.466 e. The third-order valence-corrected chi connectivity index (χ3v) is 2.89. The molecular formula is C11H13IO2. The molecule has 0 aliphatic carbocycles. The standard InChI is InChI=1S/C11H13IO2/c1-3-14-11(13)7-9-6-8(2)4-5-10(9)12/h4-6H,3,7H2,1-2H3. The quantitative estimate of drug-likeness (QED) is 0.634. The van der Waals surface area contributed by atoms with Gasteiger partial charge in [0.05, 0.1) is 13.0 Å². The van der Waals surface area contributed by atoms with E-state index < -0.39 is 0 Å². The molecule has 0 radical (unpaired) electrons. The predicted octanol–water partition coefficient (Wildman–Crippen LogP) is 2.71. The fraction of sp³-hybridized carbons (Fsp3) is 0.364. The van der Waals surface area contributed by atoms with Crippen molar-refractivity contribution in [1.82, 2.24) is 0 Å². The number of hydrogen-bond donors (Lipinski definition) is 0. The molecule has 0 unspecified atom stereocenters. The van der Waals surface area contributed by atoms with Gasteiger partial charge in [-0.25, -0.2) is 0 Å². The van der Waals surface area contributed by atoms with Crippen LogP contribution in [0.1, 0.15) is 18.1 Å². The molecule has 0 saturated carbocycles. The van der Waals surface area contributed by atoms with Crippen LogP contribution < -0.4 is 0 Å². The van der Waals surface area contributed by atoms with Gasteiger partial charge in [-0.3, -0.25) is 4.79 Å². The summed E-state index contributed by atoms with van der Waals surface area (Å²) in [5.41, 5.74) is 2.22. The van der Waals surface area contributed by atoms with E-state index in [4.69, 9.17) is 4.74 Å². The molecule has 1 aromatic carbocycles. The molecule has 14 heavy (non-hydrogen) atoms. The van der Waals surface area contributed by atoms with Gasteiger partial charge in [-0.05, 0) is 48.1 Å². The maximum atomic E-state index is 11.3. The van der Waals surface area contributed by atoms with Crippen LogP contribution in [-0.2, 0) is 16.0 Å². The minimum Gasteiger partial charge on any atom is -0.466 e. The number of halogens is 1. The molecule has 0 aromatic heterocycles. The van der Waals surface area contributed by atoms with Gasteiger partial charge >= 0.3 is 5.97 Å². The van der Waals surface area contributed by atoms with E-state index in [-0.39, 0.29) is 5.97 Å². The Morgan fingerprint density at radius 1 is 1.50 bits per heavy atom. The summed E-state index contributed by atoms with van der Waals surface area (Å²) < 4.78 is 6.01. The van der Waals surface area contributed by atoms with Gasteiger partial charge in [-0.15, -0.1) is 0 Å². The molecule has 1 rings (SSSR count). The molecule has 0 saturated heterocycles. The zero-order chi connectivity index (χ0) is 10.6. The van der Waals surface area contributed by atoms with Crippen molar-refractivity contribution in [3.8, 4) is 0 Å². The second kappa shape index (κ2) is 5.34. The highest BCUT2D eigenvalue weighted by atomic mass is 127. The number of rotatable bonds is 3. The lowest BCUT2D eigenvalue weighted by atomic mass is 10.1. The molecule has 3 heteroatoms. The Bertz CT molecular complexity index is 334. The highest BCUT2D eigenvalue weighted by Crippen LogP contribution is 2.15. The zero-order valence-corrected chi connectivity index (χ0v) is 10.5. The number of ether oxygens (including phenoxy) is 1. The Morgan fingerprint density at radius 3 is 2.86 bits per heavy atom. The van der Waals surface area contributed by atoms with Crippen LogP contribution in [0.4, 0.5) is 0 Å². The van der Waals surface area contributed by atoms with E-state index in [1.807, 2.05) is 32.0 Å². The van der Waals surface area contributed by atoms with E-state index in [1.165, 1.54) is 5.56 Å². The van der Waals surface area contributed by atoms with Crippen LogP contribution >= 0.6 is 22.6 Å². The molecule has 1 aromatic rings. The first-order chi connectivity index (χ1) is 6.63. The fourth-order valence-electron chi connectivity index (χ4n) is 1.21. The number of hydrogen-bond acceptors (Lipinski definition) is 2. The highest BCUT2D eigenvalue weighted by molar-refractivity contribution is 14.1. The summed E-state index contributed by atoms with van der Waals surface area (Å²) >= 11 is 2.23. The summed E-state index contributed by atoms with van der Waals surface area (Å²) in [6, 6.07) is 6.08. The van der Waals surface area contributed by atoms with Crippen LogP contribution in [0.5, 0.6) is 0 Å². The van der Waals surface area contributed by atoms with Crippen molar-refractivity contribution in [3.63, 3.8) is 0 Å². The van der Waals surface area contributed by atoms with Crippen molar-refractivity contribution in [3.05, 3.63) is 32.9 Å². The molecule has 76 valence electrons. The first-order valence-electron chi connectivity index (χ1n) is 4.54. The molecule has 0 heterocycles. The van der Waals surface area contributed by atoms with Crippen LogP contribution in [0.2, 0.25) is 0 Å². The fourth-order valence-corrected chi connectivity index (χ4v) is 1.73. The molecule has 0 bridgehead atoms. The summed E-state index contributed by atoms with van der Waals surface area (Å²) in [5.74, 6) is -0.156. The minimum absolute atomic E-state index is 0.156. The molecule has 0 fully saturated rings. The predicted molar refractivity (Wildman–Crippen MR) is 64.2 cm³/mol.